The predicted octanol–water partition coefficient (Wildman–Crippen LogP) is 1.11. The van der Waals surface area contributed by atoms with Crippen LogP contribution in [0.15, 0.2) is 18.2 Å². The second kappa shape index (κ2) is 6.78. The van der Waals surface area contributed by atoms with Crippen molar-refractivity contribution >= 4 is 27.4 Å². The summed E-state index contributed by atoms with van der Waals surface area (Å²) >= 11 is 1.69. The standard InChI is InChI=1S/C13H21N3O2S2/c1-3-14-9-11-5-4-6-12(15-11)16-7-8-19-10-13(16)20(2,17)18/h4-6,13-14H,3,7-10H2,1-2H3. The van der Waals surface area contributed by atoms with Gasteiger partial charge in [-0.05, 0) is 18.7 Å². The normalized spacial score (nSPS) is 20.1. The Labute approximate surface area is 125 Å². The van der Waals surface area contributed by atoms with Crippen LogP contribution in [0.2, 0.25) is 0 Å². The molecule has 1 aromatic rings. The molecule has 1 unspecified atom stereocenters. The second-order valence-electron chi connectivity index (χ2n) is 4.82. The Morgan fingerprint density at radius 3 is 3.00 bits per heavy atom. The zero-order chi connectivity index (χ0) is 14.6. The van der Waals surface area contributed by atoms with Crippen LogP contribution in [0.3, 0.4) is 0 Å². The van der Waals surface area contributed by atoms with Gasteiger partial charge in [-0.15, -0.1) is 0 Å². The molecule has 0 saturated carbocycles. The first-order valence-corrected chi connectivity index (χ1v) is 9.83. The SMILES string of the molecule is CCNCc1cccc(N2CCSCC2S(C)(=O)=O)n1. The first kappa shape index (κ1) is 15.6. The van der Waals surface area contributed by atoms with Crippen LogP contribution < -0.4 is 10.2 Å². The van der Waals surface area contributed by atoms with Gasteiger partial charge in [0, 0.05) is 30.9 Å². The number of hydrogen-bond acceptors (Lipinski definition) is 6. The second-order valence-corrected chi connectivity index (χ2v) is 8.17. The van der Waals surface area contributed by atoms with Gasteiger partial charge in [0.2, 0.25) is 0 Å². The summed E-state index contributed by atoms with van der Waals surface area (Å²) in [6.45, 7) is 4.36. The summed E-state index contributed by atoms with van der Waals surface area (Å²) in [5.41, 5.74) is 0.940. The number of aromatic nitrogens is 1. The van der Waals surface area contributed by atoms with Crippen molar-refractivity contribution in [2.24, 2.45) is 0 Å². The molecule has 0 spiro atoms. The summed E-state index contributed by atoms with van der Waals surface area (Å²) < 4.78 is 23.9. The van der Waals surface area contributed by atoms with Crippen LogP contribution in [0, 0.1) is 0 Å². The Bertz CT molecular complexity index is 548. The molecule has 0 aromatic carbocycles. The van der Waals surface area contributed by atoms with E-state index in [1.54, 1.807) is 11.8 Å². The lowest BCUT2D eigenvalue weighted by Gasteiger charge is -2.35. The van der Waals surface area contributed by atoms with E-state index >= 15 is 0 Å². The Morgan fingerprint density at radius 1 is 1.50 bits per heavy atom. The molecule has 0 amide bonds. The van der Waals surface area contributed by atoms with Crippen molar-refractivity contribution in [1.82, 2.24) is 10.3 Å². The minimum atomic E-state index is -3.10. The fourth-order valence-corrected chi connectivity index (χ4v) is 5.00. The number of nitrogens with one attached hydrogen (secondary N) is 1. The van der Waals surface area contributed by atoms with Crippen LogP contribution in [0.4, 0.5) is 5.82 Å². The van der Waals surface area contributed by atoms with Gasteiger partial charge in [-0.2, -0.15) is 11.8 Å². The van der Waals surface area contributed by atoms with Crippen LogP contribution in [-0.2, 0) is 16.4 Å². The van der Waals surface area contributed by atoms with Gasteiger partial charge in [0.15, 0.2) is 9.84 Å². The highest BCUT2D eigenvalue weighted by Crippen LogP contribution is 2.25. The Morgan fingerprint density at radius 2 is 2.30 bits per heavy atom. The van der Waals surface area contributed by atoms with Crippen LogP contribution in [0.1, 0.15) is 12.6 Å². The lowest BCUT2D eigenvalue weighted by molar-refractivity contribution is 0.583. The highest BCUT2D eigenvalue weighted by molar-refractivity contribution is 8.01. The highest BCUT2D eigenvalue weighted by Gasteiger charge is 2.31. The van der Waals surface area contributed by atoms with E-state index in [4.69, 9.17) is 0 Å². The summed E-state index contributed by atoms with van der Waals surface area (Å²) in [5.74, 6) is 2.31. The van der Waals surface area contributed by atoms with Gasteiger partial charge in [-0.25, -0.2) is 13.4 Å². The molecule has 0 radical (unpaired) electrons. The monoisotopic (exact) mass is 315 g/mol. The molecule has 20 heavy (non-hydrogen) atoms. The topological polar surface area (TPSA) is 62.3 Å². The zero-order valence-electron chi connectivity index (χ0n) is 11.9. The molecule has 112 valence electrons. The van der Waals surface area contributed by atoms with Gasteiger partial charge in [0.05, 0.1) is 5.69 Å². The van der Waals surface area contributed by atoms with E-state index < -0.39 is 15.2 Å². The van der Waals surface area contributed by atoms with Crippen molar-refractivity contribution in [3.63, 3.8) is 0 Å². The van der Waals surface area contributed by atoms with Crippen LogP contribution >= 0.6 is 11.8 Å². The Kier molecular flexibility index (Phi) is 5.29. The highest BCUT2D eigenvalue weighted by atomic mass is 32.2. The third kappa shape index (κ3) is 3.86. The maximum atomic E-state index is 11.9. The summed E-state index contributed by atoms with van der Waals surface area (Å²) in [4.78, 5) is 6.51. The molecule has 1 N–H and O–H groups in total. The molecule has 1 fully saturated rings. The summed E-state index contributed by atoms with van der Waals surface area (Å²) in [6.07, 6.45) is 1.30. The molecular formula is C13H21N3O2S2. The van der Waals surface area contributed by atoms with Crippen LogP contribution in [0.25, 0.3) is 0 Å². The van der Waals surface area contributed by atoms with E-state index in [0.717, 1.165) is 30.4 Å². The third-order valence-electron chi connectivity index (χ3n) is 3.22. The number of sulfone groups is 1. The van der Waals surface area contributed by atoms with Crippen LogP contribution in [-0.4, -0.2) is 49.6 Å². The number of pyridine rings is 1. The fraction of sp³-hybridized carbons (Fsp3) is 0.615. The first-order valence-electron chi connectivity index (χ1n) is 6.72. The quantitative estimate of drug-likeness (QED) is 0.878. The molecule has 0 aliphatic carbocycles. The van der Waals surface area contributed by atoms with Gasteiger partial charge in [-0.1, -0.05) is 13.0 Å². The lowest BCUT2D eigenvalue weighted by atomic mass is 10.3. The summed E-state index contributed by atoms with van der Waals surface area (Å²) in [5, 5.41) is 2.76. The van der Waals surface area contributed by atoms with E-state index in [-0.39, 0.29) is 0 Å². The van der Waals surface area contributed by atoms with Crippen molar-refractivity contribution < 1.29 is 8.42 Å². The molecule has 1 aromatic heterocycles. The molecule has 1 aliphatic heterocycles. The summed E-state index contributed by atoms with van der Waals surface area (Å²) in [7, 11) is -3.10. The van der Waals surface area contributed by atoms with E-state index in [9.17, 15) is 8.42 Å². The van der Waals surface area contributed by atoms with E-state index in [1.807, 2.05) is 30.0 Å². The number of thioether (sulfide) groups is 1. The van der Waals surface area contributed by atoms with Gasteiger partial charge < -0.3 is 10.2 Å². The lowest BCUT2D eigenvalue weighted by Crippen LogP contribution is -2.47. The van der Waals surface area contributed by atoms with Crippen molar-refractivity contribution in [3.05, 3.63) is 23.9 Å². The Hall–Kier alpha value is -0.790. The average molecular weight is 315 g/mol. The largest absolute Gasteiger partial charge is 0.338 e. The molecule has 2 rings (SSSR count). The van der Waals surface area contributed by atoms with Crippen molar-refractivity contribution in [3.8, 4) is 0 Å². The molecule has 1 aliphatic rings. The van der Waals surface area contributed by atoms with Gasteiger partial charge >= 0.3 is 0 Å². The molecular weight excluding hydrogens is 294 g/mol. The van der Waals surface area contributed by atoms with E-state index in [0.29, 0.717) is 12.3 Å². The maximum absolute atomic E-state index is 11.9. The van der Waals surface area contributed by atoms with Gasteiger partial charge in [0.25, 0.3) is 0 Å². The minimum Gasteiger partial charge on any atom is -0.338 e. The third-order valence-corrected chi connectivity index (χ3v) is 5.86. The molecule has 0 bridgehead atoms. The number of rotatable bonds is 5. The smallest absolute Gasteiger partial charge is 0.169 e. The van der Waals surface area contributed by atoms with E-state index in [2.05, 4.69) is 10.3 Å². The minimum absolute atomic E-state index is 0.469. The molecule has 2 heterocycles. The van der Waals surface area contributed by atoms with Gasteiger partial charge in [-0.3, -0.25) is 0 Å². The maximum Gasteiger partial charge on any atom is 0.169 e. The molecule has 1 atom stereocenters. The van der Waals surface area contributed by atoms with Crippen molar-refractivity contribution in [2.45, 2.75) is 18.8 Å². The summed E-state index contributed by atoms with van der Waals surface area (Å²) in [6, 6.07) is 5.79. The Balaban J connectivity index is 2.24. The fourth-order valence-electron chi connectivity index (χ4n) is 2.18. The molecule has 1 saturated heterocycles. The average Bonchev–Trinajstić information content (AvgIpc) is 2.44. The van der Waals surface area contributed by atoms with Crippen molar-refractivity contribution in [1.29, 1.82) is 0 Å². The van der Waals surface area contributed by atoms with E-state index in [1.165, 1.54) is 6.26 Å². The number of hydrogen-bond donors (Lipinski definition) is 1. The van der Waals surface area contributed by atoms with Crippen molar-refractivity contribution in [2.75, 3.05) is 35.8 Å². The number of anilines is 1. The predicted molar refractivity (Wildman–Crippen MR) is 84.9 cm³/mol. The van der Waals surface area contributed by atoms with Crippen LogP contribution in [0.5, 0.6) is 0 Å². The first-order chi connectivity index (χ1) is 9.52. The molecule has 7 heteroatoms. The molecule has 5 nitrogen and oxygen atoms in total. The zero-order valence-corrected chi connectivity index (χ0v) is 13.5. The number of nitrogens with zero attached hydrogens (tertiary/aromatic N) is 2. The van der Waals surface area contributed by atoms with Gasteiger partial charge in [0.1, 0.15) is 11.2 Å².